The van der Waals surface area contributed by atoms with Crippen LogP contribution in [0.4, 0.5) is 4.39 Å². The van der Waals surface area contributed by atoms with Gasteiger partial charge in [0, 0.05) is 37.4 Å². The number of hydrogen-bond donors (Lipinski definition) is 1. The number of nitrogens with one attached hydrogen (secondary N) is 1. The second-order valence-electron chi connectivity index (χ2n) is 8.10. The lowest BCUT2D eigenvalue weighted by molar-refractivity contribution is -0.136. The summed E-state index contributed by atoms with van der Waals surface area (Å²) in [5, 5.41) is 5.44. The van der Waals surface area contributed by atoms with Crippen LogP contribution in [0.15, 0.2) is 51.6 Å². The summed E-state index contributed by atoms with van der Waals surface area (Å²) >= 11 is 1.37. The Kier molecular flexibility index (Phi) is 8.02. The maximum atomic E-state index is 15.0. The van der Waals surface area contributed by atoms with Crippen LogP contribution in [0.25, 0.3) is 0 Å². The number of morpholine rings is 1. The summed E-state index contributed by atoms with van der Waals surface area (Å²) in [6.07, 6.45) is 0.584. The van der Waals surface area contributed by atoms with E-state index in [0.29, 0.717) is 53.9 Å². The lowest BCUT2D eigenvalue weighted by Gasteiger charge is -2.36. The minimum Gasteiger partial charge on any atom is -0.466 e. The van der Waals surface area contributed by atoms with Gasteiger partial charge in [-0.05, 0) is 17.9 Å². The summed E-state index contributed by atoms with van der Waals surface area (Å²) in [5.74, 6) is -1.13. The van der Waals surface area contributed by atoms with E-state index in [-0.39, 0.29) is 12.3 Å². The van der Waals surface area contributed by atoms with E-state index in [1.54, 1.807) is 23.1 Å². The van der Waals surface area contributed by atoms with E-state index in [2.05, 4.69) is 15.2 Å². The number of rotatable bonds is 8. The zero-order chi connectivity index (χ0) is 24.1. The zero-order valence-corrected chi connectivity index (χ0v) is 20.2. The number of carbonyl (C=O) groups excluding carboxylic acids is 2. The normalized spacial score (nSPS) is 20.6. The molecule has 8 nitrogen and oxygen atoms in total. The number of benzene rings is 1. The summed E-state index contributed by atoms with van der Waals surface area (Å²) in [6, 6.07) is 5.60. The molecule has 0 aromatic heterocycles. The quantitative estimate of drug-likeness (QED) is 0.564. The summed E-state index contributed by atoms with van der Waals surface area (Å²) in [4.78, 5) is 34.3. The number of fused-ring (bicyclic) bond motifs is 1. The standard InChI is InChI=1S/C24H29FN4O4S/c1-3-19-21(23(31)32-2)22(17-6-4-5-7-18(17)25)29-16(15-34-24(29)27-19)14-20(30)26-8-9-28-10-12-33-13-11-28/h4-7,15,22H,3,8-14H2,1-2H3,(H,26,30). The van der Waals surface area contributed by atoms with E-state index in [1.165, 1.54) is 24.9 Å². The highest BCUT2D eigenvalue weighted by Gasteiger charge is 2.42. The number of hydrogen-bond acceptors (Lipinski definition) is 8. The zero-order valence-electron chi connectivity index (χ0n) is 19.4. The van der Waals surface area contributed by atoms with Crippen molar-refractivity contribution in [2.24, 2.45) is 4.99 Å². The average Bonchev–Trinajstić information content (AvgIpc) is 3.25. The largest absolute Gasteiger partial charge is 0.466 e. The number of amidine groups is 1. The Morgan fingerprint density at radius 1 is 1.29 bits per heavy atom. The predicted octanol–water partition coefficient (Wildman–Crippen LogP) is 2.80. The molecule has 1 unspecified atom stereocenters. The molecule has 1 fully saturated rings. The van der Waals surface area contributed by atoms with Gasteiger partial charge in [-0.3, -0.25) is 9.69 Å². The van der Waals surface area contributed by atoms with Crippen molar-refractivity contribution in [3.63, 3.8) is 0 Å². The molecule has 10 heteroatoms. The van der Waals surface area contributed by atoms with Crippen LogP contribution in [-0.2, 0) is 19.1 Å². The predicted molar refractivity (Wildman–Crippen MR) is 128 cm³/mol. The van der Waals surface area contributed by atoms with Gasteiger partial charge in [-0.2, -0.15) is 0 Å². The van der Waals surface area contributed by atoms with E-state index in [4.69, 9.17) is 9.47 Å². The first kappa shape index (κ1) is 24.4. The molecule has 0 radical (unpaired) electrons. The summed E-state index contributed by atoms with van der Waals surface area (Å²) in [6.45, 7) is 6.32. The van der Waals surface area contributed by atoms with E-state index in [9.17, 15) is 14.0 Å². The van der Waals surface area contributed by atoms with Crippen molar-refractivity contribution in [3.8, 4) is 0 Å². The Hall–Kier alpha value is -2.69. The first-order valence-electron chi connectivity index (χ1n) is 11.4. The second-order valence-corrected chi connectivity index (χ2v) is 8.94. The molecule has 4 rings (SSSR count). The molecule has 0 spiro atoms. The first-order chi connectivity index (χ1) is 16.5. The maximum Gasteiger partial charge on any atom is 0.338 e. The topological polar surface area (TPSA) is 83.5 Å². The summed E-state index contributed by atoms with van der Waals surface area (Å²) in [7, 11) is 1.30. The highest BCUT2D eigenvalue weighted by molar-refractivity contribution is 8.16. The van der Waals surface area contributed by atoms with Gasteiger partial charge in [0.15, 0.2) is 5.17 Å². The molecule has 1 aromatic rings. The number of allylic oxidation sites excluding steroid dienone is 1. The Balaban J connectivity index is 1.55. The second kappa shape index (κ2) is 11.2. The monoisotopic (exact) mass is 488 g/mol. The van der Waals surface area contributed by atoms with Crippen LogP contribution in [0.3, 0.4) is 0 Å². The number of thioether (sulfide) groups is 1. The van der Waals surface area contributed by atoms with Crippen LogP contribution < -0.4 is 5.32 Å². The molecule has 1 atom stereocenters. The Labute approximate surface area is 202 Å². The molecule has 0 saturated carbocycles. The van der Waals surface area contributed by atoms with E-state index in [1.807, 2.05) is 12.3 Å². The van der Waals surface area contributed by atoms with Gasteiger partial charge in [-0.15, -0.1) is 0 Å². The molecule has 34 heavy (non-hydrogen) atoms. The van der Waals surface area contributed by atoms with Gasteiger partial charge in [-0.1, -0.05) is 36.9 Å². The highest BCUT2D eigenvalue weighted by atomic mass is 32.2. The molecule has 1 aromatic carbocycles. The van der Waals surface area contributed by atoms with Crippen LogP contribution in [0.1, 0.15) is 31.4 Å². The van der Waals surface area contributed by atoms with E-state index < -0.39 is 17.8 Å². The fourth-order valence-electron chi connectivity index (χ4n) is 4.31. The van der Waals surface area contributed by atoms with Crippen molar-refractivity contribution in [2.75, 3.05) is 46.5 Å². The maximum absolute atomic E-state index is 15.0. The van der Waals surface area contributed by atoms with Crippen LogP contribution in [0.5, 0.6) is 0 Å². The molecule has 3 aliphatic heterocycles. The molecule has 0 bridgehead atoms. The summed E-state index contributed by atoms with van der Waals surface area (Å²) < 4.78 is 25.4. The number of halogens is 1. The first-order valence-corrected chi connectivity index (χ1v) is 12.3. The molecular formula is C24H29FN4O4S. The molecule has 182 valence electrons. The smallest absolute Gasteiger partial charge is 0.338 e. The number of carbonyl (C=O) groups is 2. The lowest BCUT2D eigenvalue weighted by Crippen LogP contribution is -2.42. The third-order valence-corrected chi connectivity index (χ3v) is 6.91. The van der Waals surface area contributed by atoms with Crippen LogP contribution in [0.2, 0.25) is 0 Å². The van der Waals surface area contributed by atoms with Gasteiger partial charge in [0.05, 0.1) is 44.1 Å². The number of amides is 1. The van der Waals surface area contributed by atoms with Crippen LogP contribution in [-0.4, -0.2) is 73.3 Å². The van der Waals surface area contributed by atoms with Crippen LogP contribution in [0, 0.1) is 5.82 Å². The van der Waals surface area contributed by atoms with Gasteiger partial charge < -0.3 is 19.7 Å². The number of esters is 1. The van der Waals surface area contributed by atoms with Gasteiger partial charge in [-0.25, -0.2) is 14.2 Å². The van der Waals surface area contributed by atoms with Gasteiger partial charge in [0.1, 0.15) is 5.82 Å². The van der Waals surface area contributed by atoms with Crippen molar-refractivity contribution in [1.82, 2.24) is 15.1 Å². The average molecular weight is 489 g/mol. The summed E-state index contributed by atoms with van der Waals surface area (Å²) in [5.41, 5.74) is 1.85. The molecule has 0 aliphatic carbocycles. The number of aliphatic imine (C=N–C) groups is 1. The Bertz CT molecular complexity index is 1040. The van der Waals surface area contributed by atoms with Gasteiger partial charge in [0.2, 0.25) is 5.91 Å². The minimum absolute atomic E-state index is 0.0932. The molecule has 1 amide bonds. The SMILES string of the molecule is CCC1=C(C(=O)OC)C(c2ccccc2F)N2C(CC(=O)NCCN3CCOCC3)=CSC2=N1. The van der Waals surface area contributed by atoms with Crippen LogP contribution >= 0.6 is 11.8 Å². The molecule has 3 aliphatic rings. The number of methoxy groups -OCH3 is 1. The third kappa shape index (κ3) is 5.18. The fraction of sp³-hybridized carbons (Fsp3) is 0.458. The van der Waals surface area contributed by atoms with Crippen molar-refractivity contribution in [3.05, 3.63) is 58.0 Å². The van der Waals surface area contributed by atoms with Crippen molar-refractivity contribution >= 4 is 28.8 Å². The molecule has 1 saturated heterocycles. The Morgan fingerprint density at radius 3 is 2.76 bits per heavy atom. The Morgan fingerprint density at radius 2 is 2.06 bits per heavy atom. The van der Waals surface area contributed by atoms with Crippen molar-refractivity contribution < 1.29 is 23.5 Å². The van der Waals surface area contributed by atoms with Crippen molar-refractivity contribution in [2.45, 2.75) is 25.8 Å². The van der Waals surface area contributed by atoms with Gasteiger partial charge >= 0.3 is 5.97 Å². The number of ether oxygens (including phenoxy) is 2. The van der Waals surface area contributed by atoms with Crippen molar-refractivity contribution in [1.29, 1.82) is 0 Å². The lowest BCUT2D eigenvalue weighted by atomic mass is 9.92. The van der Waals surface area contributed by atoms with Gasteiger partial charge in [0.25, 0.3) is 0 Å². The molecule has 3 heterocycles. The van der Waals surface area contributed by atoms with E-state index >= 15 is 0 Å². The third-order valence-electron chi connectivity index (χ3n) is 6.02. The highest BCUT2D eigenvalue weighted by Crippen LogP contribution is 2.45. The number of nitrogens with zero attached hydrogens (tertiary/aromatic N) is 3. The van der Waals surface area contributed by atoms with E-state index in [0.717, 1.165) is 19.6 Å². The molecular weight excluding hydrogens is 459 g/mol. The minimum atomic E-state index is -0.765. The fourth-order valence-corrected chi connectivity index (χ4v) is 5.25. The molecule has 1 N–H and O–H groups in total.